The van der Waals surface area contributed by atoms with Gasteiger partial charge in [-0.05, 0) is 66.8 Å². The van der Waals surface area contributed by atoms with Crippen molar-refractivity contribution in [2.45, 2.75) is 26.3 Å². The Balaban J connectivity index is 2.25. The Bertz CT molecular complexity index is 595. The number of halogens is 2. The lowest BCUT2D eigenvalue weighted by atomic mass is 9.94. The molecule has 0 aromatic heterocycles. The third kappa shape index (κ3) is 3.34. The molecule has 0 saturated carbocycles. The second kappa shape index (κ2) is 5.72. The van der Waals surface area contributed by atoms with Crippen molar-refractivity contribution in [3.8, 4) is 0 Å². The molecule has 0 aliphatic rings. The van der Waals surface area contributed by atoms with Gasteiger partial charge in [0.1, 0.15) is 5.82 Å². The number of benzene rings is 2. The van der Waals surface area contributed by atoms with Crippen LogP contribution < -0.4 is 5.73 Å². The standard InChI is InChI=1S/C16H17ClFN/c1-10-3-5-13(17)9-15(10)16(19)8-12-4-6-14(18)7-11(12)2/h3-7,9,16H,8,19H2,1-2H3. The van der Waals surface area contributed by atoms with E-state index in [2.05, 4.69) is 0 Å². The monoisotopic (exact) mass is 277 g/mol. The number of nitrogens with two attached hydrogens (primary N) is 1. The summed E-state index contributed by atoms with van der Waals surface area (Å²) in [5.41, 5.74) is 10.4. The van der Waals surface area contributed by atoms with Crippen LogP contribution in [0.1, 0.15) is 28.3 Å². The van der Waals surface area contributed by atoms with E-state index in [4.69, 9.17) is 17.3 Å². The largest absolute Gasteiger partial charge is 0.324 e. The molecule has 3 heteroatoms. The number of rotatable bonds is 3. The molecular formula is C16H17ClFN. The first kappa shape index (κ1) is 14.0. The van der Waals surface area contributed by atoms with E-state index < -0.39 is 0 Å². The van der Waals surface area contributed by atoms with Crippen LogP contribution in [0.25, 0.3) is 0 Å². The van der Waals surface area contributed by atoms with Gasteiger partial charge in [-0.15, -0.1) is 0 Å². The van der Waals surface area contributed by atoms with Gasteiger partial charge in [0.15, 0.2) is 0 Å². The van der Waals surface area contributed by atoms with Crippen molar-refractivity contribution in [3.05, 3.63) is 69.5 Å². The first-order chi connectivity index (χ1) is 8.97. The highest BCUT2D eigenvalue weighted by molar-refractivity contribution is 6.30. The molecule has 0 fully saturated rings. The summed E-state index contributed by atoms with van der Waals surface area (Å²) in [5, 5.41) is 0.687. The molecule has 19 heavy (non-hydrogen) atoms. The second-order valence-corrected chi connectivity index (χ2v) is 5.32. The van der Waals surface area contributed by atoms with Crippen LogP contribution in [0, 0.1) is 19.7 Å². The molecule has 100 valence electrons. The second-order valence-electron chi connectivity index (χ2n) is 4.88. The van der Waals surface area contributed by atoms with Gasteiger partial charge in [-0.2, -0.15) is 0 Å². The van der Waals surface area contributed by atoms with E-state index >= 15 is 0 Å². The normalized spacial score (nSPS) is 12.5. The zero-order valence-electron chi connectivity index (χ0n) is 11.1. The first-order valence-corrected chi connectivity index (χ1v) is 6.62. The molecule has 2 aromatic rings. The summed E-state index contributed by atoms with van der Waals surface area (Å²) in [4.78, 5) is 0. The number of hydrogen-bond donors (Lipinski definition) is 1. The Kier molecular flexibility index (Phi) is 4.23. The minimum absolute atomic E-state index is 0.136. The number of aryl methyl sites for hydroxylation is 2. The molecule has 1 nitrogen and oxygen atoms in total. The van der Waals surface area contributed by atoms with Crippen LogP contribution >= 0.6 is 11.6 Å². The summed E-state index contributed by atoms with van der Waals surface area (Å²) in [6, 6.07) is 10.4. The van der Waals surface area contributed by atoms with E-state index in [-0.39, 0.29) is 11.9 Å². The van der Waals surface area contributed by atoms with Gasteiger partial charge in [-0.25, -0.2) is 4.39 Å². The van der Waals surface area contributed by atoms with Gasteiger partial charge in [-0.1, -0.05) is 23.7 Å². The summed E-state index contributed by atoms with van der Waals surface area (Å²) in [7, 11) is 0. The SMILES string of the molecule is Cc1cc(F)ccc1CC(N)c1cc(Cl)ccc1C. The Morgan fingerprint density at radius 3 is 2.53 bits per heavy atom. The fraction of sp³-hybridized carbons (Fsp3) is 0.250. The van der Waals surface area contributed by atoms with E-state index in [0.29, 0.717) is 11.4 Å². The summed E-state index contributed by atoms with van der Waals surface area (Å²) in [6.07, 6.45) is 0.674. The molecule has 0 spiro atoms. The molecule has 0 amide bonds. The Morgan fingerprint density at radius 2 is 1.84 bits per heavy atom. The minimum Gasteiger partial charge on any atom is -0.324 e. The average Bonchev–Trinajstić information content (AvgIpc) is 2.35. The zero-order valence-corrected chi connectivity index (χ0v) is 11.8. The van der Waals surface area contributed by atoms with Crippen molar-refractivity contribution in [1.29, 1.82) is 0 Å². The highest BCUT2D eigenvalue weighted by Gasteiger charge is 2.12. The highest BCUT2D eigenvalue weighted by Crippen LogP contribution is 2.24. The first-order valence-electron chi connectivity index (χ1n) is 6.24. The quantitative estimate of drug-likeness (QED) is 0.887. The smallest absolute Gasteiger partial charge is 0.123 e. The molecule has 2 aromatic carbocycles. The van der Waals surface area contributed by atoms with E-state index in [1.807, 2.05) is 32.0 Å². The Hall–Kier alpha value is -1.38. The average molecular weight is 278 g/mol. The summed E-state index contributed by atoms with van der Waals surface area (Å²) >= 11 is 6.01. The van der Waals surface area contributed by atoms with Crippen molar-refractivity contribution in [3.63, 3.8) is 0 Å². The van der Waals surface area contributed by atoms with Gasteiger partial charge >= 0.3 is 0 Å². The molecule has 1 atom stereocenters. The predicted octanol–water partition coefficient (Wildman–Crippen LogP) is 4.34. The molecule has 2 N–H and O–H groups in total. The molecule has 0 aliphatic heterocycles. The van der Waals surface area contributed by atoms with Crippen LogP contribution in [0.3, 0.4) is 0 Å². The van der Waals surface area contributed by atoms with E-state index in [9.17, 15) is 4.39 Å². The maximum atomic E-state index is 13.1. The van der Waals surface area contributed by atoms with E-state index in [0.717, 1.165) is 22.3 Å². The van der Waals surface area contributed by atoms with E-state index in [1.54, 1.807) is 6.07 Å². The van der Waals surface area contributed by atoms with Gasteiger partial charge in [0.25, 0.3) is 0 Å². The van der Waals surface area contributed by atoms with Crippen molar-refractivity contribution in [2.75, 3.05) is 0 Å². The van der Waals surface area contributed by atoms with Crippen LogP contribution in [-0.4, -0.2) is 0 Å². The lowest BCUT2D eigenvalue weighted by Crippen LogP contribution is -2.15. The maximum Gasteiger partial charge on any atom is 0.123 e. The molecule has 1 unspecified atom stereocenters. The van der Waals surface area contributed by atoms with Crippen molar-refractivity contribution in [1.82, 2.24) is 0 Å². The van der Waals surface area contributed by atoms with Gasteiger partial charge in [0.2, 0.25) is 0 Å². The number of hydrogen-bond acceptors (Lipinski definition) is 1. The summed E-state index contributed by atoms with van der Waals surface area (Å²) in [6.45, 7) is 3.92. The summed E-state index contributed by atoms with van der Waals surface area (Å²) in [5.74, 6) is -0.214. The molecule has 0 aliphatic carbocycles. The molecule has 0 bridgehead atoms. The molecule has 0 heterocycles. The molecular weight excluding hydrogens is 261 g/mol. The fourth-order valence-corrected chi connectivity index (χ4v) is 2.43. The molecule has 0 saturated heterocycles. The van der Waals surface area contributed by atoms with Crippen molar-refractivity contribution in [2.24, 2.45) is 5.73 Å². The maximum absolute atomic E-state index is 13.1. The third-order valence-corrected chi connectivity index (χ3v) is 3.62. The van der Waals surface area contributed by atoms with Crippen molar-refractivity contribution < 1.29 is 4.39 Å². The minimum atomic E-state index is -0.214. The molecule has 0 radical (unpaired) electrons. The van der Waals surface area contributed by atoms with E-state index in [1.165, 1.54) is 12.1 Å². The van der Waals surface area contributed by atoms with Gasteiger partial charge in [0, 0.05) is 11.1 Å². The topological polar surface area (TPSA) is 26.0 Å². The van der Waals surface area contributed by atoms with Crippen molar-refractivity contribution >= 4 is 11.6 Å². The third-order valence-electron chi connectivity index (χ3n) is 3.39. The molecule has 2 rings (SSSR count). The predicted molar refractivity (Wildman–Crippen MR) is 78.0 cm³/mol. The van der Waals surface area contributed by atoms with Crippen LogP contribution in [-0.2, 0) is 6.42 Å². The zero-order chi connectivity index (χ0) is 14.0. The van der Waals surface area contributed by atoms with Gasteiger partial charge < -0.3 is 5.73 Å². The lowest BCUT2D eigenvalue weighted by molar-refractivity contribution is 0.623. The Labute approximate surface area is 118 Å². The van der Waals surface area contributed by atoms with Crippen LogP contribution in [0.2, 0.25) is 5.02 Å². The lowest BCUT2D eigenvalue weighted by Gasteiger charge is -2.16. The summed E-state index contributed by atoms with van der Waals surface area (Å²) < 4.78 is 13.1. The van der Waals surface area contributed by atoms with Gasteiger partial charge in [0.05, 0.1) is 0 Å². The van der Waals surface area contributed by atoms with Crippen LogP contribution in [0.15, 0.2) is 36.4 Å². The highest BCUT2D eigenvalue weighted by atomic mass is 35.5. The van der Waals surface area contributed by atoms with Crippen LogP contribution in [0.4, 0.5) is 4.39 Å². The fourth-order valence-electron chi connectivity index (χ4n) is 2.25. The van der Waals surface area contributed by atoms with Crippen LogP contribution in [0.5, 0.6) is 0 Å². The van der Waals surface area contributed by atoms with Gasteiger partial charge in [-0.3, -0.25) is 0 Å². The Morgan fingerprint density at radius 1 is 1.11 bits per heavy atom.